The number of ether oxygens (including phenoxy) is 1. The molecule has 0 aromatic rings. The van der Waals surface area contributed by atoms with Crippen molar-refractivity contribution in [3.8, 4) is 0 Å². The Labute approximate surface area is 84.0 Å². The summed E-state index contributed by atoms with van der Waals surface area (Å²) in [6.07, 6.45) is 4.55. The summed E-state index contributed by atoms with van der Waals surface area (Å²) in [4.78, 5) is 0.716. The van der Waals surface area contributed by atoms with Crippen LogP contribution in [0.2, 0.25) is 0 Å². The second-order valence-corrected chi connectivity index (χ2v) is 5.56. The molecule has 12 heavy (non-hydrogen) atoms. The van der Waals surface area contributed by atoms with Crippen molar-refractivity contribution >= 4 is 15.9 Å². The highest BCUT2D eigenvalue weighted by molar-refractivity contribution is 9.09. The lowest BCUT2D eigenvalue weighted by Gasteiger charge is -2.33. The predicted molar refractivity (Wildman–Crippen MR) is 55.7 cm³/mol. The van der Waals surface area contributed by atoms with Crippen LogP contribution in [0.15, 0.2) is 0 Å². The van der Waals surface area contributed by atoms with Crippen LogP contribution in [-0.4, -0.2) is 17.0 Å². The van der Waals surface area contributed by atoms with Crippen molar-refractivity contribution in [2.24, 2.45) is 5.92 Å². The minimum Gasteiger partial charge on any atom is -0.375 e. The maximum Gasteiger partial charge on any atom is 0.0600 e. The zero-order chi connectivity index (χ0) is 9.14. The Morgan fingerprint density at radius 1 is 1.33 bits per heavy atom. The molecule has 0 N–H and O–H groups in total. The van der Waals surface area contributed by atoms with E-state index in [4.69, 9.17) is 4.74 Å². The largest absolute Gasteiger partial charge is 0.375 e. The molecule has 0 aromatic carbocycles. The van der Waals surface area contributed by atoms with Gasteiger partial charge in [0.1, 0.15) is 0 Å². The van der Waals surface area contributed by atoms with E-state index < -0.39 is 0 Å². The smallest absolute Gasteiger partial charge is 0.0600 e. The van der Waals surface area contributed by atoms with E-state index in [1.807, 2.05) is 0 Å². The highest BCUT2D eigenvalue weighted by Gasteiger charge is 2.28. The molecule has 0 bridgehead atoms. The molecule has 1 fully saturated rings. The lowest BCUT2D eigenvalue weighted by atomic mass is 9.95. The van der Waals surface area contributed by atoms with Crippen LogP contribution in [0.4, 0.5) is 0 Å². The van der Waals surface area contributed by atoms with Crippen molar-refractivity contribution in [3.63, 3.8) is 0 Å². The van der Waals surface area contributed by atoms with E-state index in [-0.39, 0.29) is 0 Å². The first-order chi connectivity index (χ1) is 5.58. The van der Waals surface area contributed by atoms with E-state index in [9.17, 15) is 0 Å². The van der Waals surface area contributed by atoms with Crippen LogP contribution in [0.3, 0.4) is 0 Å². The van der Waals surface area contributed by atoms with Gasteiger partial charge in [0.2, 0.25) is 0 Å². The summed E-state index contributed by atoms with van der Waals surface area (Å²) in [5.41, 5.74) is 0. The quantitative estimate of drug-likeness (QED) is 0.679. The summed E-state index contributed by atoms with van der Waals surface area (Å²) < 4.78 is 5.84. The monoisotopic (exact) mass is 234 g/mol. The van der Waals surface area contributed by atoms with E-state index in [0.29, 0.717) is 17.0 Å². The molecule has 1 aliphatic rings. The molecule has 2 heteroatoms. The van der Waals surface area contributed by atoms with Crippen LogP contribution >= 0.6 is 15.9 Å². The number of hydrogen-bond acceptors (Lipinski definition) is 1. The predicted octanol–water partition coefficient (Wildman–Crippen LogP) is 3.36. The fourth-order valence-corrected chi connectivity index (χ4v) is 2.49. The van der Waals surface area contributed by atoms with Gasteiger partial charge in [-0.3, -0.25) is 0 Å². The Morgan fingerprint density at radius 3 is 2.33 bits per heavy atom. The molecule has 1 rings (SSSR count). The van der Waals surface area contributed by atoms with Crippen LogP contribution in [0.5, 0.6) is 0 Å². The Bertz CT molecular complexity index is 130. The van der Waals surface area contributed by atoms with Crippen LogP contribution in [0.1, 0.15) is 40.0 Å². The second kappa shape index (κ2) is 4.61. The summed E-state index contributed by atoms with van der Waals surface area (Å²) in [6, 6.07) is 0. The zero-order valence-corrected chi connectivity index (χ0v) is 9.80. The van der Waals surface area contributed by atoms with Gasteiger partial charge in [-0.2, -0.15) is 0 Å². The first kappa shape index (κ1) is 10.5. The average molecular weight is 235 g/mol. The topological polar surface area (TPSA) is 9.23 Å². The molecule has 1 aliphatic carbocycles. The maximum atomic E-state index is 5.84. The summed E-state index contributed by atoms with van der Waals surface area (Å²) in [6.45, 7) is 6.67. The van der Waals surface area contributed by atoms with Gasteiger partial charge in [0, 0.05) is 4.83 Å². The minimum absolute atomic E-state index is 0.440. The molecule has 0 spiro atoms. The number of halogens is 1. The maximum absolute atomic E-state index is 5.84. The van der Waals surface area contributed by atoms with Gasteiger partial charge in [-0.25, -0.2) is 0 Å². The van der Waals surface area contributed by atoms with E-state index in [0.717, 1.165) is 5.92 Å². The fraction of sp³-hybridized carbons (Fsp3) is 1.00. The van der Waals surface area contributed by atoms with Gasteiger partial charge in [0.05, 0.1) is 12.2 Å². The summed E-state index contributed by atoms with van der Waals surface area (Å²) >= 11 is 3.56. The van der Waals surface area contributed by atoms with E-state index in [2.05, 4.69) is 36.7 Å². The number of alkyl halides is 1. The Kier molecular flexibility index (Phi) is 4.04. The number of rotatable bonds is 4. The van der Waals surface area contributed by atoms with Crippen molar-refractivity contribution in [2.75, 3.05) is 0 Å². The summed E-state index contributed by atoms with van der Waals surface area (Å²) in [5, 5.41) is 0. The lowest BCUT2D eigenvalue weighted by molar-refractivity contribution is -0.0463. The molecule has 0 aromatic heterocycles. The van der Waals surface area contributed by atoms with E-state index in [1.165, 1.54) is 19.3 Å². The molecule has 1 nitrogen and oxygen atoms in total. The van der Waals surface area contributed by atoms with Crippen molar-refractivity contribution in [3.05, 3.63) is 0 Å². The SMILES string of the molecule is CC(C)CC(C)OC1CC(Br)C1. The molecule has 1 unspecified atom stereocenters. The summed E-state index contributed by atoms with van der Waals surface area (Å²) in [7, 11) is 0. The first-order valence-corrected chi connectivity index (χ1v) is 5.79. The molecular weight excluding hydrogens is 216 g/mol. The fourth-order valence-electron chi connectivity index (χ4n) is 1.66. The molecule has 0 heterocycles. The molecule has 0 radical (unpaired) electrons. The highest BCUT2D eigenvalue weighted by Crippen LogP contribution is 2.31. The molecule has 0 saturated heterocycles. The summed E-state index contributed by atoms with van der Waals surface area (Å²) in [5.74, 6) is 0.750. The van der Waals surface area contributed by atoms with Crippen LogP contribution in [0, 0.1) is 5.92 Å². The molecule has 1 saturated carbocycles. The zero-order valence-electron chi connectivity index (χ0n) is 8.22. The molecule has 72 valence electrons. The third-order valence-electron chi connectivity index (χ3n) is 2.27. The van der Waals surface area contributed by atoms with Crippen molar-refractivity contribution in [1.82, 2.24) is 0 Å². The second-order valence-electron chi connectivity index (χ2n) is 4.27. The van der Waals surface area contributed by atoms with Gasteiger partial charge < -0.3 is 4.74 Å². The van der Waals surface area contributed by atoms with Crippen LogP contribution < -0.4 is 0 Å². The average Bonchev–Trinajstić information content (AvgIpc) is 1.82. The van der Waals surface area contributed by atoms with Crippen LogP contribution in [0.25, 0.3) is 0 Å². The molecular formula is C10H19BrO. The lowest BCUT2D eigenvalue weighted by Crippen LogP contribution is -2.34. The molecule has 1 atom stereocenters. The number of hydrogen-bond donors (Lipinski definition) is 0. The Hall–Kier alpha value is 0.440. The van der Waals surface area contributed by atoms with E-state index >= 15 is 0 Å². The van der Waals surface area contributed by atoms with Gasteiger partial charge in [0.25, 0.3) is 0 Å². The highest BCUT2D eigenvalue weighted by atomic mass is 79.9. The van der Waals surface area contributed by atoms with Gasteiger partial charge in [0.15, 0.2) is 0 Å². The van der Waals surface area contributed by atoms with Gasteiger partial charge in [-0.05, 0) is 32.1 Å². The van der Waals surface area contributed by atoms with Crippen molar-refractivity contribution in [1.29, 1.82) is 0 Å². The Morgan fingerprint density at radius 2 is 1.92 bits per heavy atom. The van der Waals surface area contributed by atoms with Crippen molar-refractivity contribution in [2.45, 2.75) is 57.1 Å². The first-order valence-electron chi connectivity index (χ1n) is 4.87. The standard InChI is InChI=1S/C10H19BrO/c1-7(2)4-8(3)12-10-5-9(11)6-10/h7-10H,4-6H2,1-3H3. The van der Waals surface area contributed by atoms with Crippen molar-refractivity contribution < 1.29 is 4.74 Å². The Balaban J connectivity index is 2.06. The van der Waals surface area contributed by atoms with E-state index in [1.54, 1.807) is 0 Å². The van der Waals surface area contributed by atoms with Crippen LogP contribution in [-0.2, 0) is 4.74 Å². The molecule has 0 amide bonds. The normalized spacial score (nSPS) is 31.8. The third-order valence-corrected chi connectivity index (χ3v) is 3.01. The molecule has 0 aliphatic heterocycles. The van der Waals surface area contributed by atoms with Gasteiger partial charge >= 0.3 is 0 Å². The van der Waals surface area contributed by atoms with Gasteiger partial charge in [-0.15, -0.1) is 0 Å². The van der Waals surface area contributed by atoms with Gasteiger partial charge in [-0.1, -0.05) is 29.8 Å². The minimum atomic E-state index is 0.440. The third kappa shape index (κ3) is 3.44.